The molecule has 4 nitrogen and oxygen atoms in total. The third kappa shape index (κ3) is 7.91. The monoisotopic (exact) mass is 242 g/mol. The van der Waals surface area contributed by atoms with Crippen LogP contribution in [-0.4, -0.2) is 48.4 Å². The van der Waals surface area contributed by atoms with E-state index in [2.05, 4.69) is 30.5 Å². The van der Waals surface area contributed by atoms with Crippen molar-refractivity contribution in [3.63, 3.8) is 0 Å². The van der Waals surface area contributed by atoms with Gasteiger partial charge in [-0.1, -0.05) is 13.8 Å². The number of nitrogens with zero attached hydrogens (tertiary/aromatic N) is 2. The molecule has 4 heteroatoms. The van der Waals surface area contributed by atoms with Gasteiger partial charge < -0.3 is 10.0 Å². The first-order valence-corrected chi connectivity index (χ1v) is 6.56. The van der Waals surface area contributed by atoms with E-state index in [1.165, 1.54) is 12.8 Å². The maximum atomic E-state index is 10.7. The molecule has 0 unspecified atom stereocenters. The van der Waals surface area contributed by atoms with E-state index in [0.717, 1.165) is 32.5 Å². The lowest BCUT2D eigenvalue weighted by Gasteiger charge is -2.20. The van der Waals surface area contributed by atoms with Gasteiger partial charge in [-0.05, 0) is 58.5 Å². The minimum atomic E-state index is -0.862. The van der Waals surface area contributed by atoms with Crippen LogP contribution >= 0.6 is 0 Å². The lowest BCUT2D eigenvalue weighted by atomic mass is 10.1. The summed E-state index contributed by atoms with van der Waals surface area (Å²) in [6.07, 6.45) is 4.89. The quantitative estimate of drug-likeness (QED) is 0.447. The van der Waals surface area contributed by atoms with Crippen LogP contribution in [0.3, 0.4) is 0 Å². The molecule has 0 rings (SSSR count). The maximum absolute atomic E-state index is 10.7. The molecule has 1 atom stereocenters. The topological polar surface area (TPSA) is 52.9 Å². The van der Waals surface area contributed by atoms with Crippen LogP contribution in [0.2, 0.25) is 0 Å². The van der Waals surface area contributed by atoms with Gasteiger partial charge in [0.25, 0.3) is 0 Å². The highest BCUT2D eigenvalue weighted by atomic mass is 16.4. The fraction of sp³-hybridized carbons (Fsp3) is 0.846. The molecule has 0 saturated heterocycles. The Hall–Kier alpha value is -0.900. The molecule has 1 N–H and O–H groups in total. The number of aliphatic imine (C=N–C) groups is 1. The molecule has 0 fully saturated rings. The summed E-state index contributed by atoms with van der Waals surface area (Å²) in [4.78, 5) is 16.8. The van der Waals surface area contributed by atoms with E-state index < -0.39 is 12.0 Å². The Bertz CT molecular complexity index is 213. The lowest BCUT2D eigenvalue weighted by Crippen LogP contribution is -2.27. The molecule has 0 amide bonds. The van der Waals surface area contributed by atoms with Crippen molar-refractivity contribution in [1.82, 2.24) is 4.90 Å². The standard InChI is InChI=1S/C13H26N2O2/c1-4-9-15(10-5-2)11-7-6-8-12(14-3)13(16)17/h12H,3-11H2,1-2H3,(H,16,17)/t12-/m0/s1. The molecule has 0 radical (unpaired) electrons. The number of hydrogen-bond donors (Lipinski definition) is 1. The van der Waals surface area contributed by atoms with E-state index in [-0.39, 0.29) is 0 Å². The second-order valence-corrected chi connectivity index (χ2v) is 4.37. The van der Waals surface area contributed by atoms with Gasteiger partial charge in [0.2, 0.25) is 0 Å². The molecule has 100 valence electrons. The smallest absolute Gasteiger partial charge is 0.328 e. The van der Waals surface area contributed by atoms with Crippen molar-refractivity contribution in [2.45, 2.75) is 52.0 Å². The Morgan fingerprint density at radius 2 is 1.82 bits per heavy atom. The molecule has 0 aromatic heterocycles. The van der Waals surface area contributed by atoms with E-state index in [4.69, 9.17) is 5.11 Å². The average molecular weight is 242 g/mol. The van der Waals surface area contributed by atoms with Crippen molar-refractivity contribution < 1.29 is 9.90 Å². The molecule has 17 heavy (non-hydrogen) atoms. The third-order valence-electron chi connectivity index (χ3n) is 2.79. The van der Waals surface area contributed by atoms with Crippen LogP contribution in [0.1, 0.15) is 46.0 Å². The SMILES string of the molecule is C=N[C@@H](CCCCN(CCC)CCC)C(=O)O. The number of aliphatic carboxylic acids is 1. The van der Waals surface area contributed by atoms with E-state index >= 15 is 0 Å². The summed E-state index contributed by atoms with van der Waals surface area (Å²) in [7, 11) is 0. The first kappa shape index (κ1) is 16.1. The van der Waals surface area contributed by atoms with Crippen molar-refractivity contribution in [1.29, 1.82) is 0 Å². The Balaban J connectivity index is 3.72. The zero-order chi connectivity index (χ0) is 13.1. The van der Waals surface area contributed by atoms with Gasteiger partial charge in [-0.3, -0.25) is 4.99 Å². The Morgan fingerprint density at radius 3 is 2.24 bits per heavy atom. The molecule has 0 saturated carbocycles. The number of hydrogen-bond acceptors (Lipinski definition) is 3. The lowest BCUT2D eigenvalue weighted by molar-refractivity contribution is -0.138. The molecule has 0 aromatic rings. The van der Waals surface area contributed by atoms with Gasteiger partial charge >= 0.3 is 5.97 Å². The number of unbranched alkanes of at least 4 members (excludes halogenated alkanes) is 1. The molecule has 0 spiro atoms. The highest BCUT2D eigenvalue weighted by Gasteiger charge is 2.13. The maximum Gasteiger partial charge on any atom is 0.328 e. The number of rotatable bonds is 11. The summed E-state index contributed by atoms with van der Waals surface area (Å²) in [6.45, 7) is 11.0. The van der Waals surface area contributed by atoms with Crippen LogP contribution in [0.4, 0.5) is 0 Å². The predicted octanol–water partition coefficient (Wildman–Crippen LogP) is 2.43. The van der Waals surface area contributed by atoms with E-state index in [1.54, 1.807) is 0 Å². The molecule has 0 bridgehead atoms. The summed E-state index contributed by atoms with van der Waals surface area (Å²) in [5, 5.41) is 8.81. The minimum absolute atomic E-state index is 0.602. The minimum Gasteiger partial charge on any atom is -0.480 e. The van der Waals surface area contributed by atoms with E-state index in [0.29, 0.717) is 6.42 Å². The van der Waals surface area contributed by atoms with Gasteiger partial charge in [-0.15, -0.1) is 0 Å². The van der Waals surface area contributed by atoms with Crippen molar-refractivity contribution in [2.75, 3.05) is 19.6 Å². The molecular weight excluding hydrogens is 216 g/mol. The number of carbonyl (C=O) groups is 1. The summed E-state index contributed by atoms with van der Waals surface area (Å²) in [5.41, 5.74) is 0. The van der Waals surface area contributed by atoms with Gasteiger partial charge in [0, 0.05) is 0 Å². The first-order chi connectivity index (χ1) is 8.15. The Morgan fingerprint density at radius 1 is 1.24 bits per heavy atom. The number of carboxylic acid groups (broad SMARTS) is 1. The van der Waals surface area contributed by atoms with Crippen LogP contribution in [0.5, 0.6) is 0 Å². The van der Waals surface area contributed by atoms with E-state index in [9.17, 15) is 4.79 Å². The molecule has 0 aliphatic heterocycles. The fourth-order valence-corrected chi connectivity index (χ4v) is 1.93. The van der Waals surface area contributed by atoms with Crippen molar-refractivity contribution in [3.8, 4) is 0 Å². The summed E-state index contributed by atoms with van der Waals surface area (Å²) < 4.78 is 0. The molecular formula is C13H26N2O2. The highest BCUT2D eigenvalue weighted by Crippen LogP contribution is 2.06. The van der Waals surface area contributed by atoms with Crippen molar-refractivity contribution in [3.05, 3.63) is 0 Å². The third-order valence-corrected chi connectivity index (χ3v) is 2.79. The van der Waals surface area contributed by atoms with Crippen molar-refractivity contribution >= 4 is 12.7 Å². The predicted molar refractivity (Wildman–Crippen MR) is 71.8 cm³/mol. The van der Waals surface area contributed by atoms with Gasteiger partial charge in [-0.2, -0.15) is 0 Å². The normalized spacial score (nSPS) is 12.6. The number of carboxylic acids is 1. The summed E-state index contributed by atoms with van der Waals surface area (Å²) >= 11 is 0. The van der Waals surface area contributed by atoms with Crippen molar-refractivity contribution in [2.24, 2.45) is 4.99 Å². The van der Waals surface area contributed by atoms with E-state index in [1.807, 2.05) is 0 Å². The van der Waals surface area contributed by atoms with Crippen LogP contribution in [0.15, 0.2) is 4.99 Å². The Kier molecular flexibility index (Phi) is 9.72. The average Bonchev–Trinajstić information content (AvgIpc) is 2.29. The Labute approximate surface area is 105 Å². The first-order valence-electron chi connectivity index (χ1n) is 6.56. The zero-order valence-electron chi connectivity index (χ0n) is 11.2. The second kappa shape index (κ2) is 10.3. The van der Waals surface area contributed by atoms with Crippen LogP contribution in [-0.2, 0) is 4.79 Å². The molecule has 0 aliphatic carbocycles. The highest BCUT2D eigenvalue weighted by molar-refractivity contribution is 5.74. The summed E-state index contributed by atoms with van der Waals surface area (Å²) in [5.74, 6) is -0.862. The summed E-state index contributed by atoms with van der Waals surface area (Å²) in [6, 6.07) is -0.624. The molecule has 0 aliphatic rings. The van der Waals surface area contributed by atoms with Gasteiger partial charge in [0.05, 0.1) is 0 Å². The van der Waals surface area contributed by atoms with Crippen LogP contribution < -0.4 is 0 Å². The fourth-order valence-electron chi connectivity index (χ4n) is 1.93. The van der Waals surface area contributed by atoms with Crippen LogP contribution in [0.25, 0.3) is 0 Å². The second-order valence-electron chi connectivity index (χ2n) is 4.37. The molecule has 0 aromatic carbocycles. The van der Waals surface area contributed by atoms with Gasteiger partial charge in [0.1, 0.15) is 6.04 Å². The van der Waals surface area contributed by atoms with Crippen LogP contribution in [0, 0.1) is 0 Å². The van der Waals surface area contributed by atoms with Gasteiger partial charge in [-0.25, -0.2) is 4.79 Å². The zero-order valence-corrected chi connectivity index (χ0v) is 11.2. The largest absolute Gasteiger partial charge is 0.480 e. The molecule has 0 heterocycles. The van der Waals surface area contributed by atoms with Gasteiger partial charge in [0.15, 0.2) is 0 Å².